The van der Waals surface area contributed by atoms with Gasteiger partial charge in [-0.15, -0.1) is 0 Å². The molecule has 2 rings (SSSR count). The van der Waals surface area contributed by atoms with Gasteiger partial charge in [0.1, 0.15) is 5.82 Å². The first-order chi connectivity index (χ1) is 9.47. The van der Waals surface area contributed by atoms with Gasteiger partial charge in [0.25, 0.3) is 0 Å². The van der Waals surface area contributed by atoms with Crippen LogP contribution in [-0.4, -0.2) is 5.78 Å². The van der Waals surface area contributed by atoms with Crippen molar-refractivity contribution in [3.8, 4) is 0 Å². The Kier molecular flexibility index (Phi) is 4.03. The van der Waals surface area contributed by atoms with Gasteiger partial charge >= 0.3 is 0 Å². The Hall–Kier alpha value is -2.36. The highest BCUT2D eigenvalue weighted by Crippen LogP contribution is 2.23. The molecule has 0 saturated heterocycles. The van der Waals surface area contributed by atoms with Crippen molar-refractivity contribution in [2.24, 2.45) is 0 Å². The van der Waals surface area contributed by atoms with Crippen LogP contribution in [0.15, 0.2) is 42.5 Å². The zero-order chi connectivity index (χ0) is 14.7. The zero-order valence-electron chi connectivity index (χ0n) is 11.5. The number of nitrogen functional groups attached to an aromatic ring is 1. The third kappa shape index (κ3) is 3.15. The van der Waals surface area contributed by atoms with Crippen molar-refractivity contribution in [1.82, 2.24) is 0 Å². The van der Waals surface area contributed by atoms with Crippen LogP contribution in [0, 0.1) is 5.82 Å². The molecule has 0 aliphatic carbocycles. The second kappa shape index (κ2) is 5.74. The number of hydrogen-bond donors (Lipinski definition) is 2. The van der Waals surface area contributed by atoms with Crippen molar-refractivity contribution < 1.29 is 9.18 Å². The maximum absolute atomic E-state index is 12.9. The first kappa shape index (κ1) is 14.1. The molecule has 0 aliphatic rings. The molecule has 0 fully saturated rings. The molecule has 20 heavy (non-hydrogen) atoms. The lowest BCUT2D eigenvalue weighted by molar-refractivity contribution is 0.101. The van der Waals surface area contributed by atoms with Crippen molar-refractivity contribution in [3.63, 3.8) is 0 Å². The van der Waals surface area contributed by atoms with Gasteiger partial charge in [-0.05, 0) is 49.7 Å². The molecule has 3 nitrogen and oxygen atoms in total. The Balaban J connectivity index is 2.15. The van der Waals surface area contributed by atoms with Crippen molar-refractivity contribution in [2.75, 3.05) is 11.1 Å². The average molecular weight is 272 g/mol. The summed E-state index contributed by atoms with van der Waals surface area (Å²) in [4.78, 5) is 11.3. The SMILES string of the molecule is CC(=O)c1ccc(NC(C)c2ccc(F)cc2)cc1N. The molecule has 0 bridgehead atoms. The molecule has 0 amide bonds. The van der Waals surface area contributed by atoms with Crippen LogP contribution in [0.25, 0.3) is 0 Å². The van der Waals surface area contributed by atoms with Crippen LogP contribution < -0.4 is 11.1 Å². The number of nitrogens with one attached hydrogen (secondary N) is 1. The Morgan fingerprint density at radius 3 is 2.40 bits per heavy atom. The molecule has 0 aromatic heterocycles. The Morgan fingerprint density at radius 1 is 1.20 bits per heavy atom. The summed E-state index contributed by atoms with van der Waals surface area (Å²) >= 11 is 0. The summed E-state index contributed by atoms with van der Waals surface area (Å²) in [7, 11) is 0. The topological polar surface area (TPSA) is 55.1 Å². The molecule has 2 aromatic rings. The van der Waals surface area contributed by atoms with Gasteiger partial charge in [-0.2, -0.15) is 0 Å². The molecule has 0 radical (unpaired) electrons. The second-order valence-corrected chi connectivity index (χ2v) is 4.78. The van der Waals surface area contributed by atoms with E-state index in [1.165, 1.54) is 19.1 Å². The maximum atomic E-state index is 12.9. The fraction of sp³-hybridized carbons (Fsp3) is 0.188. The summed E-state index contributed by atoms with van der Waals surface area (Å²) in [6, 6.07) is 11.6. The van der Waals surface area contributed by atoms with Gasteiger partial charge in [-0.25, -0.2) is 4.39 Å². The third-order valence-corrected chi connectivity index (χ3v) is 3.18. The van der Waals surface area contributed by atoms with E-state index in [1.807, 2.05) is 13.0 Å². The molecule has 0 spiro atoms. The fourth-order valence-electron chi connectivity index (χ4n) is 2.06. The van der Waals surface area contributed by atoms with Gasteiger partial charge in [0.15, 0.2) is 5.78 Å². The first-order valence-electron chi connectivity index (χ1n) is 6.40. The Labute approximate surface area is 117 Å². The van der Waals surface area contributed by atoms with Crippen LogP contribution in [0.2, 0.25) is 0 Å². The van der Waals surface area contributed by atoms with E-state index < -0.39 is 0 Å². The number of hydrogen-bond acceptors (Lipinski definition) is 3. The molecule has 0 aliphatic heterocycles. The Morgan fingerprint density at radius 2 is 1.85 bits per heavy atom. The first-order valence-corrected chi connectivity index (χ1v) is 6.40. The Bertz CT molecular complexity index is 623. The summed E-state index contributed by atoms with van der Waals surface area (Å²) in [6.45, 7) is 3.46. The minimum Gasteiger partial charge on any atom is -0.398 e. The van der Waals surface area contributed by atoms with Crippen LogP contribution in [0.5, 0.6) is 0 Å². The number of carbonyl (C=O) groups is 1. The van der Waals surface area contributed by atoms with E-state index in [-0.39, 0.29) is 17.6 Å². The lowest BCUT2D eigenvalue weighted by Crippen LogP contribution is -2.08. The average Bonchev–Trinajstić information content (AvgIpc) is 2.39. The van der Waals surface area contributed by atoms with Crippen LogP contribution in [0.3, 0.4) is 0 Å². The van der Waals surface area contributed by atoms with E-state index in [1.54, 1.807) is 24.3 Å². The summed E-state index contributed by atoms with van der Waals surface area (Å²) < 4.78 is 12.9. The monoisotopic (exact) mass is 272 g/mol. The molecule has 4 heteroatoms. The number of anilines is 2. The molecule has 3 N–H and O–H groups in total. The highest BCUT2D eigenvalue weighted by atomic mass is 19.1. The number of rotatable bonds is 4. The van der Waals surface area contributed by atoms with E-state index in [9.17, 15) is 9.18 Å². The number of ketones is 1. The molecule has 0 saturated carbocycles. The third-order valence-electron chi connectivity index (χ3n) is 3.18. The van der Waals surface area contributed by atoms with Crippen molar-refractivity contribution in [1.29, 1.82) is 0 Å². The zero-order valence-corrected chi connectivity index (χ0v) is 11.5. The smallest absolute Gasteiger partial charge is 0.161 e. The van der Waals surface area contributed by atoms with Crippen LogP contribution >= 0.6 is 0 Å². The lowest BCUT2D eigenvalue weighted by Gasteiger charge is -2.16. The normalized spacial score (nSPS) is 11.9. The van der Waals surface area contributed by atoms with Gasteiger partial charge in [-0.3, -0.25) is 4.79 Å². The van der Waals surface area contributed by atoms with E-state index in [0.29, 0.717) is 11.3 Å². The van der Waals surface area contributed by atoms with Gasteiger partial charge in [0.05, 0.1) is 0 Å². The van der Waals surface area contributed by atoms with E-state index in [0.717, 1.165) is 11.3 Å². The number of nitrogens with two attached hydrogens (primary N) is 1. The molecule has 2 aromatic carbocycles. The van der Waals surface area contributed by atoms with Crippen LogP contribution in [-0.2, 0) is 0 Å². The van der Waals surface area contributed by atoms with Gasteiger partial charge in [-0.1, -0.05) is 12.1 Å². The minimum absolute atomic E-state index is 0.0122. The summed E-state index contributed by atoms with van der Waals surface area (Å²) in [6.07, 6.45) is 0. The largest absolute Gasteiger partial charge is 0.398 e. The van der Waals surface area contributed by atoms with Crippen LogP contribution in [0.1, 0.15) is 35.8 Å². The van der Waals surface area contributed by atoms with Crippen LogP contribution in [0.4, 0.5) is 15.8 Å². The number of carbonyl (C=O) groups excluding carboxylic acids is 1. The van der Waals surface area contributed by atoms with Crippen molar-refractivity contribution in [3.05, 3.63) is 59.4 Å². The summed E-state index contributed by atoms with van der Waals surface area (Å²) in [5.41, 5.74) is 8.61. The second-order valence-electron chi connectivity index (χ2n) is 4.78. The van der Waals surface area contributed by atoms with Crippen molar-refractivity contribution >= 4 is 17.2 Å². The number of Topliss-reactive ketones (excluding diaryl/α,β-unsaturated/α-hetero) is 1. The number of benzene rings is 2. The molecule has 104 valence electrons. The fourth-order valence-corrected chi connectivity index (χ4v) is 2.06. The highest BCUT2D eigenvalue weighted by molar-refractivity contribution is 5.99. The standard InChI is InChI=1S/C16H17FN2O/c1-10(12-3-5-13(17)6-4-12)19-14-7-8-15(11(2)20)16(18)9-14/h3-10,19H,18H2,1-2H3. The predicted octanol–water partition coefficient (Wildman–Crippen LogP) is 3.78. The molecule has 1 atom stereocenters. The van der Waals surface area contributed by atoms with Gasteiger partial charge in [0.2, 0.25) is 0 Å². The quantitative estimate of drug-likeness (QED) is 0.657. The summed E-state index contributed by atoms with van der Waals surface area (Å²) in [5, 5.41) is 3.27. The molecule has 0 heterocycles. The summed E-state index contributed by atoms with van der Waals surface area (Å²) in [5.74, 6) is -0.309. The molecular formula is C16H17FN2O. The van der Waals surface area contributed by atoms with E-state index in [4.69, 9.17) is 5.73 Å². The lowest BCUT2D eigenvalue weighted by atomic mass is 10.1. The molecule has 1 unspecified atom stereocenters. The number of halogens is 1. The predicted molar refractivity (Wildman–Crippen MR) is 79.3 cm³/mol. The maximum Gasteiger partial charge on any atom is 0.161 e. The van der Waals surface area contributed by atoms with E-state index >= 15 is 0 Å². The molecular weight excluding hydrogens is 255 g/mol. The minimum atomic E-state index is -0.254. The van der Waals surface area contributed by atoms with Crippen molar-refractivity contribution in [2.45, 2.75) is 19.9 Å². The highest BCUT2D eigenvalue weighted by Gasteiger charge is 2.08. The van der Waals surface area contributed by atoms with E-state index in [2.05, 4.69) is 5.32 Å². The van der Waals surface area contributed by atoms with Gasteiger partial charge < -0.3 is 11.1 Å². The van der Waals surface area contributed by atoms with Gasteiger partial charge in [0, 0.05) is 23.0 Å².